The van der Waals surface area contributed by atoms with Crippen molar-refractivity contribution in [2.45, 2.75) is 64.7 Å². The molecule has 1 unspecified atom stereocenters. The number of esters is 1. The van der Waals surface area contributed by atoms with Gasteiger partial charge >= 0.3 is 5.97 Å². The zero-order valence-electron chi connectivity index (χ0n) is 20.8. The average Bonchev–Trinajstić information content (AvgIpc) is 3.27. The first-order chi connectivity index (χ1) is 16.5. The van der Waals surface area contributed by atoms with Crippen LogP contribution in [0.4, 0.5) is 0 Å². The molecule has 2 aromatic carbocycles. The van der Waals surface area contributed by atoms with Gasteiger partial charge in [0.1, 0.15) is 0 Å². The first kappa shape index (κ1) is 26.1. The van der Waals surface area contributed by atoms with Crippen molar-refractivity contribution < 1.29 is 19.4 Å². The Hall–Kier alpha value is -2.47. The van der Waals surface area contributed by atoms with Gasteiger partial charge in [-0.2, -0.15) is 0 Å². The number of rotatable bonds is 12. The standard InChI is InChI=1S/C29H39NO4/c1-4-23-10-8-11-24(18-23)19-26-13-9-17-30(26)20-27(31)21-34-22(3)28-14-7-6-12-25(28)15-16-29(32)33-5-2/h6-8,10-12,14-16,18,22,26-27,31H,4-5,9,13,17,19-21H2,1-3H3/b16-15+/t22?,26-,27+/m0/s1. The molecular formula is C29H39NO4. The Bertz CT molecular complexity index is 941. The van der Waals surface area contributed by atoms with E-state index in [2.05, 4.69) is 36.1 Å². The van der Waals surface area contributed by atoms with Crippen LogP contribution < -0.4 is 0 Å². The minimum Gasteiger partial charge on any atom is -0.463 e. The fraction of sp³-hybridized carbons (Fsp3) is 0.483. The number of hydrogen-bond acceptors (Lipinski definition) is 5. The number of hydrogen-bond donors (Lipinski definition) is 1. The predicted molar refractivity (Wildman–Crippen MR) is 137 cm³/mol. The van der Waals surface area contributed by atoms with Crippen LogP contribution in [0.5, 0.6) is 0 Å². The third-order valence-electron chi connectivity index (χ3n) is 6.47. The van der Waals surface area contributed by atoms with E-state index in [-0.39, 0.29) is 18.7 Å². The van der Waals surface area contributed by atoms with Gasteiger partial charge in [0.05, 0.1) is 25.4 Å². The molecule has 0 spiro atoms. The molecule has 0 amide bonds. The van der Waals surface area contributed by atoms with Crippen molar-refractivity contribution in [3.63, 3.8) is 0 Å². The monoisotopic (exact) mass is 465 g/mol. The van der Waals surface area contributed by atoms with Crippen LogP contribution in [0.15, 0.2) is 54.6 Å². The van der Waals surface area contributed by atoms with E-state index in [1.807, 2.05) is 31.2 Å². The molecule has 1 N–H and O–H groups in total. The number of carbonyl (C=O) groups is 1. The molecule has 3 rings (SSSR count). The van der Waals surface area contributed by atoms with Gasteiger partial charge in [-0.15, -0.1) is 0 Å². The molecule has 1 fully saturated rings. The molecule has 184 valence electrons. The van der Waals surface area contributed by atoms with Crippen LogP contribution in [-0.4, -0.2) is 54.4 Å². The third kappa shape index (κ3) is 7.79. The Morgan fingerprint density at radius 3 is 2.76 bits per heavy atom. The largest absolute Gasteiger partial charge is 0.463 e. The summed E-state index contributed by atoms with van der Waals surface area (Å²) in [5.74, 6) is -0.358. The van der Waals surface area contributed by atoms with Crippen LogP contribution in [-0.2, 0) is 27.1 Å². The van der Waals surface area contributed by atoms with Crippen molar-refractivity contribution in [2.75, 3.05) is 26.3 Å². The van der Waals surface area contributed by atoms with Gasteiger partial charge in [0.2, 0.25) is 0 Å². The highest BCUT2D eigenvalue weighted by Gasteiger charge is 2.26. The van der Waals surface area contributed by atoms with Crippen molar-refractivity contribution in [3.8, 4) is 0 Å². The highest BCUT2D eigenvalue weighted by molar-refractivity contribution is 5.87. The highest BCUT2D eigenvalue weighted by Crippen LogP contribution is 2.24. The van der Waals surface area contributed by atoms with Gasteiger partial charge in [-0.1, -0.05) is 55.5 Å². The third-order valence-corrected chi connectivity index (χ3v) is 6.47. The topological polar surface area (TPSA) is 59.0 Å². The van der Waals surface area contributed by atoms with Crippen molar-refractivity contribution in [3.05, 3.63) is 76.9 Å². The van der Waals surface area contributed by atoms with Crippen LogP contribution >= 0.6 is 0 Å². The van der Waals surface area contributed by atoms with Gasteiger partial charge in [-0.3, -0.25) is 4.90 Å². The van der Waals surface area contributed by atoms with Crippen LogP contribution in [0.25, 0.3) is 6.08 Å². The maximum absolute atomic E-state index is 11.7. The smallest absolute Gasteiger partial charge is 0.330 e. The number of carbonyl (C=O) groups excluding carboxylic acids is 1. The summed E-state index contributed by atoms with van der Waals surface area (Å²) in [6.45, 7) is 8.21. The number of aliphatic hydroxyl groups is 1. The Labute approximate surface area is 204 Å². The van der Waals surface area contributed by atoms with Crippen molar-refractivity contribution in [1.82, 2.24) is 4.90 Å². The lowest BCUT2D eigenvalue weighted by Gasteiger charge is -2.27. The van der Waals surface area contributed by atoms with E-state index in [0.29, 0.717) is 19.2 Å². The molecule has 1 heterocycles. The van der Waals surface area contributed by atoms with Crippen LogP contribution in [0.3, 0.4) is 0 Å². The molecule has 5 heteroatoms. The summed E-state index contributed by atoms with van der Waals surface area (Å²) in [5.41, 5.74) is 4.64. The summed E-state index contributed by atoms with van der Waals surface area (Å²) in [5, 5.41) is 10.7. The quantitative estimate of drug-likeness (QED) is 0.354. The number of benzene rings is 2. The zero-order chi connectivity index (χ0) is 24.3. The second kappa shape index (κ2) is 13.4. The molecule has 34 heavy (non-hydrogen) atoms. The van der Waals surface area contributed by atoms with E-state index in [0.717, 1.165) is 30.5 Å². The summed E-state index contributed by atoms with van der Waals surface area (Å²) in [7, 11) is 0. The first-order valence-corrected chi connectivity index (χ1v) is 12.5. The molecule has 1 aliphatic rings. The lowest BCUT2D eigenvalue weighted by atomic mass is 10.0. The van der Waals surface area contributed by atoms with Crippen molar-refractivity contribution >= 4 is 12.0 Å². The van der Waals surface area contributed by atoms with Gasteiger partial charge in [-0.05, 0) is 74.4 Å². The lowest BCUT2D eigenvalue weighted by Crippen LogP contribution is -2.39. The van der Waals surface area contributed by atoms with Gasteiger partial charge in [0, 0.05) is 18.7 Å². The number of nitrogens with zero attached hydrogens (tertiary/aromatic N) is 1. The molecule has 2 aromatic rings. The van der Waals surface area contributed by atoms with E-state index in [1.165, 1.54) is 30.0 Å². The average molecular weight is 466 g/mol. The Balaban J connectivity index is 1.52. The molecular weight excluding hydrogens is 426 g/mol. The molecule has 0 bridgehead atoms. The van der Waals surface area contributed by atoms with Gasteiger partial charge in [0.15, 0.2) is 0 Å². The van der Waals surface area contributed by atoms with Gasteiger partial charge < -0.3 is 14.6 Å². The first-order valence-electron chi connectivity index (χ1n) is 12.5. The molecule has 0 aromatic heterocycles. The van der Waals surface area contributed by atoms with E-state index in [4.69, 9.17) is 9.47 Å². The summed E-state index contributed by atoms with van der Waals surface area (Å²) in [4.78, 5) is 14.1. The SMILES string of the molecule is CCOC(=O)/C=C/c1ccccc1C(C)OC[C@H](O)CN1CCC[C@H]1Cc1cccc(CC)c1. The number of β-amino-alcohol motifs (C(OH)–C–C–N with tert-alkyl or cyclic N) is 1. The molecule has 3 atom stereocenters. The number of aliphatic hydroxyl groups excluding tert-OH is 1. The van der Waals surface area contributed by atoms with Crippen LogP contribution in [0.1, 0.15) is 62.0 Å². The van der Waals surface area contributed by atoms with E-state index < -0.39 is 6.10 Å². The second-order valence-electron chi connectivity index (χ2n) is 9.01. The molecule has 0 aliphatic carbocycles. The number of ether oxygens (including phenoxy) is 2. The Morgan fingerprint density at radius 2 is 1.97 bits per heavy atom. The molecule has 1 saturated heterocycles. The minimum atomic E-state index is -0.549. The van der Waals surface area contributed by atoms with Crippen LogP contribution in [0.2, 0.25) is 0 Å². The summed E-state index contributed by atoms with van der Waals surface area (Å²) in [6, 6.07) is 17.1. The Morgan fingerprint density at radius 1 is 1.18 bits per heavy atom. The summed E-state index contributed by atoms with van der Waals surface area (Å²) in [6.07, 6.45) is 6.86. The van der Waals surface area contributed by atoms with Crippen LogP contribution in [0, 0.1) is 0 Å². The Kier molecular flexibility index (Phi) is 10.3. The predicted octanol–water partition coefficient (Wildman–Crippen LogP) is 4.97. The highest BCUT2D eigenvalue weighted by atomic mass is 16.5. The maximum atomic E-state index is 11.7. The van der Waals surface area contributed by atoms with Gasteiger partial charge in [-0.25, -0.2) is 4.79 Å². The van der Waals surface area contributed by atoms with Crippen molar-refractivity contribution in [2.24, 2.45) is 0 Å². The van der Waals surface area contributed by atoms with E-state index in [9.17, 15) is 9.90 Å². The zero-order valence-corrected chi connectivity index (χ0v) is 20.8. The summed E-state index contributed by atoms with van der Waals surface area (Å²) < 4.78 is 11.0. The maximum Gasteiger partial charge on any atom is 0.330 e. The second-order valence-corrected chi connectivity index (χ2v) is 9.01. The molecule has 5 nitrogen and oxygen atoms in total. The van der Waals surface area contributed by atoms with Crippen molar-refractivity contribution in [1.29, 1.82) is 0 Å². The van der Waals surface area contributed by atoms with E-state index >= 15 is 0 Å². The number of aryl methyl sites for hydroxylation is 1. The van der Waals surface area contributed by atoms with E-state index in [1.54, 1.807) is 13.0 Å². The summed E-state index contributed by atoms with van der Waals surface area (Å²) >= 11 is 0. The lowest BCUT2D eigenvalue weighted by molar-refractivity contribution is -0.137. The fourth-order valence-electron chi connectivity index (χ4n) is 4.66. The fourth-order valence-corrected chi connectivity index (χ4v) is 4.66. The normalized spacial score (nSPS) is 18.3. The minimum absolute atomic E-state index is 0.205. The van der Waals surface area contributed by atoms with Gasteiger partial charge in [0.25, 0.3) is 0 Å². The molecule has 0 radical (unpaired) electrons. The molecule has 1 aliphatic heterocycles. The molecule has 0 saturated carbocycles. The number of likely N-dealkylation sites (tertiary alicyclic amines) is 1.